The van der Waals surface area contributed by atoms with E-state index in [1.807, 2.05) is 0 Å². The first kappa shape index (κ1) is 45.3. The van der Waals surface area contributed by atoms with Crippen LogP contribution in [0.2, 0.25) is 157 Å². The Hall–Kier alpha value is -0.0749. The SMILES string of the molecule is C[Si](C)(C)c1nc(N)c2nc([Si](C)(C)C)n([C@]3([Si](C)(C)C)O[C@@](C(O)([Si](C)(C)C)[Si](C)(C)C)([Si](C)(C)C)[C@](O)([Si](C)(C)C)[C@]3(O)[Si](C)(C)C)c2n1. The van der Waals surface area contributed by atoms with Crippen molar-refractivity contribution in [3.63, 3.8) is 0 Å². The molecule has 0 amide bonds. The quantitative estimate of drug-likeness (QED) is 0.202. The third-order valence-corrected chi connectivity index (χ3v) is 37.4. The third-order valence-electron chi connectivity index (χ3n) is 11.9. The van der Waals surface area contributed by atoms with E-state index in [9.17, 15) is 15.3 Å². The number of nitrogens with two attached hydrogens (primary N) is 1. The standard InChI is InChI=1S/C34H77N5O4Si8/c1-44(2,3)28-37-26(35)25-27(38-28)39(29(36-25)45(4,5)6)33(49(16,17)18)31(41,47(10,11)12)30(40,46(7,8)9)32(43-33,48(13,14)15)34(42,50(19,20)21)51(22,23)24/h40-42H,1-24H3,(H2,35,37,38)/t30-,31+,32-,33+/m1/s1. The molecule has 3 rings (SSSR count). The number of anilines is 1. The van der Waals surface area contributed by atoms with Gasteiger partial charge in [-0.1, -0.05) is 157 Å². The lowest BCUT2D eigenvalue weighted by Crippen LogP contribution is -2.94. The first-order valence-electron chi connectivity index (χ1n) is 18.9. The largest absolute Gasteiger partial charge is 0.394 e. The van der Waals surface area contributed by atoms with Crippen LogP contribution in [0.1, 0.15) is 0 Å². The summed E-state index contributed by atoms with van der Waals surface area (Å²) in [5, 5.41) is 37.7. The van der Waals surface area contributed by atoms with Crippen LogP contribution in [0.4, 0.5) is 5.82 Å². The molecule has 5 N–H and O–H groups in total. The molecule has 4 atom stereocenters. The molecule has 0 unspecified atom stereocenters. The highest BCUT2D eigenvalue weighted by molar-refractivity contribution is 7.03. The van der Waals surface area contributed by atoms with Crippen molar-refractivity contribution in [2.24, 2.45) is 0 Å². The van der Waals surface area contributed by atoms with Crippen LogP contribution in [0.5, 0.6) is 0 Å². The molecule has 9 nitrogen and oxygen atoms in total. The minimum absolute atomic E-state index is 0.341. The molecule has 1 aliphatic heterocycles. The van der Waals surface area contributed by atoms with E-state index in [1.54, 1.807) is 0 Å². The van der Waals surface area contributed by atoms with Gasteiger partial charge in [-0.05, 0) is 0 Å². The molecule has 294 valence electrons. The van der Waals surface area contributed by atoms with Crippen molar-refractivity contribution in [3.05, 3.63) is 0 Å². The van der Waals surface area contributed by atoms with Gasteiger partial charge in [0.05, 0.1) is 50.7 Å². The molecule has 3 heterocycles. The van der Waals surface area contributed by atoms with Crippen LogP contribution in [-0.2, 0) is 10.1 Å². The highest BCUT2D eigenvalue weighted by Gasteiger charge is 2.93. The number of aliphatic hydroxyl groups is 3. The number of rotatable bonds is 10. The van der Waals surface area contributed by atoms with E-state index < -0.39 is 90.5 Å². The van der Waals surface area contributed by atoms with Crippen molar-refractivity contribution in [2.45, 2.75) is 183 Å². The first-order valence-corrected chi connectivity index (χ1v) is 46.9. The number of nitrogen functional groups attached to an aromatic ring is 1. The summed E-state index contributed by atoms with van der Waals surface area (Å²) in [4.78, 5) is 14.3. The Bertz CT molecular complexity index is 1670. The maximum Gasteiger partial charge on any atom is 0.167 e. The summed E-state index contributed by atoms with van der Waals surface area (Å²) in [6, 6.07) is 0. The molecule has 0 aromatic carbocycles. The predicted octanol–water partition coefficient (Wildman–Crippen LogP) is 6.38. The number of fused-ring (bicyclic) bond motifs is 1. The summed E-state index contributed by atoms with van der Waals surface area (Å²) in [7, 11) is -21.7. The summed E-state index contributed by atoms with van der Waals surface area (Å²) < 4.78 is 10.7. The molecular formula is C34H77N5O4Si8. The van der Waals surface area contributed by atoms with Crippen molar-refractivity contribution >= 4 is 92.5 Å². The van der Waals surface area contributed by atoms with Crippen LogP contribution in [0.25, 0.3) is 11.2 Å². The van der Waals surface area contributed by atoms with Gasteiger partial charge in [-0.2, -0.15) is 0 Å². The van der Waals surface area contributed by atoms with Crippen molar-refractivity contribution in [1.82, 2.24) is 19.5 Å². The molecule has 2 aromatic rings. The Balaban J connectivity index is 3.11. The van der Waals surface area contributed by atoms with Gasteiger partial charge in [-0.25, -0.2) is 15.0 Å². The fourth-order valence-corrected chi connectivity index (χ4v) is 46.3. The Morgan fingerprint density at radius 3 is 1.27 bits per heavy atom. The average molecular weight is 845 g/mol. The molecule has 2 aromatic heterocycles. The van der Waals surface area contributed by atoms with Crippen LogP contribution in [0.15, 0.2) is 0 Å². The molecule has 0 aliphatic carbocycles. The van der Waals surface area contributed by atoms with Crippen LogP contribution >= 0.6 is 0 Å². The maximum atomic E-state index is 14.9. The lowest BCUT2D eigenvalue weighted by atomic mass is 10.1. The second-order valence-corrected chi connectivity index (χ2v) is 65.6. The van der Waals surface area contributed by atoms with Crippen molar-refractivity contribution in [2.75, 3.05) is 5.73 Å². The van der Waals surface area contributed by atoms with E-state index in [0.717, 1.165) is 10.9 Å². The topological polar surface area (TPSA) is 140 Å². The van der Waals surface area contributed by atoms with Crippen LogP contribution in [0, 0.1) is 0 Å². The zero-order valence-electron chi connectivity index (χ0n) is 37.1. The normalized spacial score (nSPS) is 28.2. The number of hydrogen-bond donors (Lipinski definition) is 4. The maximum absolute atomic E-state index is 14.9. The van der Waals surface area contributed by atoms with Crippen molar-refractivity contribution in [3.8, 4) is 0 Å². The van der Waals surface area contributed by atoms with Gasteiger partial charge in [0.2, 0.25) is 0 Å². The highest BCUT2D eigenvalue weighted by atomic mass is 28.4. The highest BCUT2D eigenvalue weighted by Crippen LogP contribution is 2.70. The minimum Gasteiger partial charge on any atom is -0.394 e. The van der Waals surface area contributed by atoms with Crippen molar-refractivity contribution < 1.29 is 20.1 Å². The molecule has 1 aliphatic rings. The third kappa shape index (κ3) is 5.69. The van der Waals surface area contributed by atoms with Gasteiger partial charge in [-0.15, -0.1) is 0 Å². The van der Waals surface area contributed by atoms with Gasteiger partial charge in [0.15, 0.2) is 16.8 Å². The first-order chi connectivity index (χ1) is 21.9. The fourth-order valence-electron chi connectivity index (χ4n) is 10.1. The molecule has 0 radical (unpaired) electrons. The van der Waals surface area contributed by atoms with Crippen LogP contribution in [-0.4, -0.2) is 120 Å². The van der Waals surface area contributed by atoms with Gasteiger partial charge in [0.25, 0.3) is 0 Å². The molecule has 0 bridgehead atoms. The summed E-state index contributed by atoms with van der Waals surface area (Å²) in [6.45, 7) is 53.7. The molecule has 1 saturated heterocycles. The smallest absolute Gasteiger partial charge is 0.167 e. The Morgan fingerprint density at radius 1 is 0.569 bits per heavy atom. The second kappa shape index (κ2) is 12.0. The molecule has 1 fully saturated rings. The van der Waals surface area contributed by atoms with Crippen LogP contribution < -0.4 is 16.6 Å². The number of imidazole rings is 1. The van der Waals surface area contributed by atoms with Gasteiger partial charge >= 0.3 is 0 Å². The zero-order chi connectivity index (χ0) is 40.8. The Labute approximate surface area is 319 Å². The van der Waals surface area contributed by atoms with E-state index in [0.29, 0.717) is 17.0 Å². The Kier molecular flexibility index (Phi) is 10.6. The monoisotopic (exact) mass is 843 g/mol. The summed E-state index contributed by atoms with van der Waals surface area (Å²) in [6.07, 6.45) is 0. The average Bonchev–Trinajstić information content (AvgIpc) is 3.33. The number of nitrogens with zero attached hydrogens (tertiary/aromatic N) is 4. The number of aromatic nitrogens is 4. The van der Waals surface area contributed by atoms with E-state index in [2.05, 4.69) is 162 Å². The van der Waals surface area contributed by atoms with E-state index in [1.165, 1.54) is 0 Å². The Morgan fingerprint density at radius 2 is 0.980 bits per heavy atom. The van der Waals surface area contributed by atoms with Gasteiger partial charge in [-0.3, -0.25) is 4.57 Å². The summed E-state index contributed by atoms with van der Waals surface area (Å²) in [5.41, 5.74) is 9.55. The molecule has 17 heteroatoms. The van der Waals surface area contributed by atoms with Gasteiger partial charge in [0.1, 0.15) is 50.9 Å². The zero-order valence-corrected chi connectivity index (χ0v) is 45.1. The molecule has 0 saturated carbocycles. The second-order valence-electron chi connectivity index (χ2n) is 23.9. The minimum atomic E-state index is -3.00. The summed E-state index contributed by atoms with van der Waals surface area (Å²) in [5.74, 6) is 0.341. The lowest BCUT2D eigenvalue weighted by Gasteiger charge is -2.69. The van der Waals surface area contributed by atoms with Crippen LogP contribution in [0.3, 0.4) is 0 Å². The van der Waals surface area contributed by atoms with Gasteiger partial charge in [0, 0.05) is 0 Å². The molecular weight excluding hydrogens is 767 g/mol. The van der Waals surface area contributed by atoms with Gasteiger partial charge < -0.3 is 25.8 Å². The van der Waals surface area contributed by atoms with Crippen molar-refractivity contribution in [1.29, 1.82) is 0 Å². The lowest BCUT2D eigenvalue weighted by molar-refractivity contribution is -0.148. The summed E-state index contributed by atoms with van der Waals surface area (Å²) >= 11 is 0. The van der Waals surface area contributed by atoms with E-state index >= 15 is 0 Å². The fraction of sp³-hybridized carbons (Fsp3) is 0.853. The predicted molar refractivity (Wildman–Crippen MR) is 242 cm³/mol. The number of hydrogen-bond acceptors (Lipinski definition) is 8. The van der Waals surface area contributed by atoms with E-state index in [-0.39, 0.29) is 0 Å². The van der Waals surface area contributed by atoms with E-state index in [4.69, 9.17) is 25.4 Å². The molecule has 51 heavy (non-hydrogen) atoms. The molecule has 0 spiro atoms. The number of ether oxygens (including phenoxy) is 1.